The van der Waals surface area contributed by atoms with Gasteiger partial charge in [-0.15, -0.1) is 21.5 Å². The number of carbonyl (C=O) groups excluding carboxylic acids is 1. The van der Waals surface area contributed by atoms with Gasteiger partial charge in [0, 0.05) is 17.9 Å². The number of hydrogen-bond acceptors (Lipinski definition) is 7. The van der Waals surface area contributed by atoms with Crippen LogP contribution in [0.1, 0.15) is 27.0 Å². The SMILES string of the molecule is Cc1cccc(-n2c(SCc3ccc(C(=O)NCc4ccc5c(c4)OCO5)cc3)nnc2-c2cccs2)c1. The summed E-state index contributed by atoms with van der Waals surface area (Å²) in [4.78, 5) is 13.8. The van der Waals surface area contributed by atoms with Gasteiger partial charge in [0.25, 0.3) is 5.91 Å². The fourth-order valence-corrected chi connectivity index (χ4v) is 5.77. The highest BCUT2D eigenvalue weighted by molar-refractivity contribution is 7.98. The molecule has 1 aliphatic rings. The molecule has 9 heteroatoms. The number of fused-ring (bicyclic) bond motifs is 1. The first kappa shape index (κ1) is 24.3. The lowest BCUT2D eigenvalue weighted by Crippen LogP contribution is -2.22. The molecular weight excluding hydrogens is 516 g/mol. The van der Waals surface area contributed by atoms with Crippen LogP contribution in [0, 0.1) is 6.92 Å². The number of nitrogens with one attached hydrogen (secondary N) is 1. The Morgan fingerprint density at radius 2 is 1.82 bits per heavy atom. The van der Waals surface area contributed by atoms with Crippen LogP contribution >= 0.6 is 23.1 Å². The Hall–Kier alpha value is -4.08. The number of aryl methyl sites for hydroxylation is 1. The summed E-state index contributed by atoms with van der Waals surface area (Å²) in [6, 6.07) is 25.8. The molecule has 190 valence electrons. The van der Waals surface area contributed by atoms with Crippen molar-refractivity contribution in [1.82, 2.24) is 20.1 Å². The van der Waals surface area contributed by atoms with Crippen molar-refractivity contribution < 1.29 is 14.3 Å². The monoisotopic (exact) mass is 540 g/mol. The van der Waals surface area contributed by atoms with E-state index in [1.807, 2.05) is 60.0 Å². The molecule has 0 unspecified atom stereocenters. The fraction of sp³-hybridized carbons (Fsp3) is 0.138. The summed E-state index contributed by atoms with van der Waals surface area (Å²) in [5.74, 6) is 2.85. The van der Waals surface area contributed by atoms with Crippen LogP contribution in [0.25, 0.3) is 16.4 Å². The Morgan fingerprint density at radius 3 is 2.63 bits per heavy atom. The van der Waals surface area contributed by atoms with Gasteiger partial charge in [0.05, 0.1) is 10.6 Å². The Kier molecular flexibility index (Phi) is 6.85. The second-order valence-corrected chi connectivity index (χ2v) is 10.7. The van der Waals surface area contributed by atoms with E-state index in [0.717, 1.165) is 38.4 Å². The molecule has 0 fully saturated rings. The van der Waals surface area contributed by atoms with Gasteiger partial charge < -0.3 is 14.8 Å². The maximum Gasteiger partial charge on any atom is 0.251 e. The van der Waals surface area contributed by atoms with Gasteiger partial charge >= 0.3 is 0 Å². The van der Waals surface area contributed by atoms with Crippen LogP contribution in [0.5, 0.6) is 11.5 Å². The normalized spacial score (nSPS) is 12.0. The van der Waals surface area contributed by atoms with Crippen molar-refractivity contribution in [3.05, 3.63) is 106 Å². The number of thioether (sulfide) groups is 1. The maximum atomic E-state index is 12.7. The molecule has 0 aliphatic carbocycles. The number of aromatic nitrogens is 3. The van der Waals surface area contributed by atoms with Crippen molar-refractivity contribution in [3.63, 3.8) is 0 Å². The highest BCUT2D eigenvalue weighted by Gasteiger charge is 2.18. The number of thiophene rings is 1. The predicted molar refractivity (Wildman–Crippen MR) is 149 cm³/mol. The maximum absolute atomic E-state index is 12.7. The van der Waals surface area contributed by atoms with Gasteiger partial charge in [0.1, 0.15) is 0 Å². The summed E-state index contributed by atoms with van der Waals surface area (Å²) in [7, 11) is 0. The molecule has 3 heterocycles. The Morgan fingerprint density at radius 1 is 0.974 bits per heavy atom. The minimum atomic E-state index is -0.123. The third kappa shape index (κ3) is 5.16. The standard InChI is InChI=1S/C29H24N4O3S2/c1-19-4-2-5-23(14-19)33-27(26-6-3-13-37-26)31-32-29(33)38-17-20-7-10-22(11-8-20)28(34)30-16-21-9-12-24-25(15-21)36-18-35-24/h2-15H,16-18H2,1H3,(H,30,34). The Balaban J connectivity index is 1.13. The Labute approximate surface area is 228 Å². The molecular formula is C29H24N4O3S2. The molecule has 0 spiro atoms. The lowest BCUT2D eigenvalue weighted by Gasteiger charge is -2.10. The van der Waals surface area contributed by atoms with Gasteiger partial charge in [-0.05, 0) is 71.5 Å². The zero-order valence-corrected chi connectivity index (χ0v) is 22.2. The van der Waals surface area contributed by atoms with Crippen molar-refractivity contribution in [1.29, 1.82) is 0 Å². The lowest BCUT2D eigenvalue weighted by molar-refractivity contribution is 0.0951. The first-order chi connectivity index (χ1) is 18.6. The van der Waals surface area contributed by atoms with Crippen molar-refractivity contribution >= 4 is 29.0 Å². The van der Waals surface area contributed by atoms with Gasteiger partial charge in [0.2, 0.25) is 6.79 Å². The number of amides is 1. The molecule has 0 bridgehead atoms. The van der Waals surface area contributed by atoms with Crippen LogP contribution in [0.3, 0.4) is 0 Å². The molecule has 2 aromatic heterocycles. The first-order valence-corrected chi connectivity index (χ1v) is 14.0. The predicted octanol–water partition coefficient (Wildman–Crippen LogP) is 6.26. The number of ether oxygens (including phenoxy) is 2. The molecule has 0 saturated heterocycles. The third-order valence-electron chi connectivity index (χ3n) is 6.11. The van der Waals surface area contributed by atoms with Crippen LogP contribution in [0.4, 0.5) is 0 Å². The highest BCUT2D eigenvalue weighted by Crippen LogP contribution is 2.33. The molecule has 6 rings (SSSR count). The van der Waals surface area contributed by atoms with E-state index in [-0.39, 0.29) is 12.7 Å². The number of nitrogens with zero attached hydrogens (tertiary/aromatic N) is 3. The van der Waals surface area contributed by atoms with Crippen molar-refractivity contribution in [3.8, 4) is 27.9 Å². The van der Waals surface area contributed by atoms with Crippen molar-refractivity contribution in [2.75, 3.05) is 6.79 Å². The van der Waals surface area contributed by atoms with Gasteiger partial charge in [-0.3, -0.25) is 9.36 Å². The van der Waals surface area contributed by atoms with Crippen LogP contribution in [-0.2, 0) is 12.3 Å². The number of hydrogen-bond donors (Lipinski definition) is 1. The first-order valence-electron chi connectivity index (χ1n) is 12.1. The van der Waals surface area contributed by atoms with Gasteiger partial charge in [-0.2, -0.15) is 0 Å². The molecule has 7 nitrogen and oxygen atoms in total. The molecule has 0 atom stereocenters. The topological polar surface area (TPSA) is 78.3 Å². The van der Waals surface area contributed by atoms with Crippen molar-refractivity contribution in [2.24, 2.45) is 0 Å². The summed E-state index contributed by atoms with van der Waals surface area (Å²) in [6.45, 7) is 2.72. The number of rotatable bonds is 8. The summed E-state index contributed by atoms with van der Waals surface area (Å²) in [5, 5.41) is 14.9. The lowest BCUT2D eigenvalue weighted by atomic mass is 10.1. The molecule has 1 amide bonds. The van der Waals surface area contributed by atoms with Gasteiger partial charge in [-0.25, -0.2) is 0 Å². The van der Waals surface area contributed by atoms with E-state index in [9.17, 15) is 4.79 Å². The second kappa shape index (κ2) is 10.7. The molecule has 5 aromatic rings. The van der Waals surface area contributed by atoms with Crippen LogP contribution in [0.15, 0.2) is 89.4 Å². The van der Waals surface area contributed by atoms with Crippen LogP contribution < -0.4 is 14.8 Å². The van der Waals surface area contributed by atoms with E-state index in [0.29, 0.717) is 23.6 Å². The summed E-state index contributed by atoms with van der Waals surface area (Å²) >= 11 is 3.27. The molecule has 3 aromatic carbocycles. The Bertz CT molecular complexity index is 1580. The molecule has 38 heavy (non-hydrogen) atoms. The van der Waals surface area contributed by atoms with Crippen LogP contribution in [-0.4, -0.2) is 27.5 Å². The summed E-state index contributed by atoms with van der Waals surface area (Å²) in [6.07, 6.45) is 0. The fourth-order valence-electron chi connectivity index (χ4n) is 4.16. The zero-order valence-electron chi connectivity index (χ0n) is 20.6. The van der Waals surface area contributed by atoms with E-state index in [4.69, 9.17) is 9.47 Å². The summed E-state index contributed by atoms with van der Waals surface area (Å²) < 4.78 is 12.9. The average molecular weight is 541 g/mol. The number of benzene rings is 3. The van der Waals surface area contributed by atoms with E-state index in [1.54, 1.807) is 23.1 Å². The summed E-state index contributed by atoms with van der Waals surface area (Å²) in [5.41, 5.74) is 4.88. The third-order valence-corrected chi connectivity index (χ3v) is 7.97. The van der Waals surface area contributed by atoms with Crippen molar-refractivity contribution in [2.45, 2.75) is 24.4 Å². The molecule has 0 radical (unpaired) electrons. The van der Waals surface area contributed by atoms with E-state index in [1.165, 1.54) is 5.56 Å². The molecule has 1 aliphatic heterocycles. The average Bonchev–Trinajstić information content (AvgIpc) is 3.71. The van der Waals surface area contributed by atoms with Gasteiger partial charge in [0.15, 0.2) is 22.5 Å². The van der Waals surface area contributed by atoms with E-state index < -0.39 is 0 Å². The second-order valence-electron chi connectivity index (χ2n) is 8.81. The zero-order chi connectivity index (χ0) is 25.9. The smallest absolute Gasteiger partial charge is 0.251 e. The molecule has 0 saturated carbocycles. The quantitative estimate of drug-likeness (QED) is 0.234. The molecule has 1 N–H and O–H groups in total. The van der Waals surface area contributed by atoms with E-state index in [2.05, 4.69) is 51.3 Å². The minimum absolute atomic E-state index is 0.123. The van der Waals surface area contributed by atoms with E-state index >= 15 is 0 Å². The largest absolute Gasteiger partial charge is 0.454 e. The highest BCUT2D eigenvalue weighted by atomic mass is 32.2. The number of carbonyl (C=O) groups is 1. The minimum Gasteiger partial charge on any atom is -0.454 e. The van der Waals surface area contributed by atoms with Crippen LogP contribution in [0.2, 0.25) is 0 Å². The van der Waals surface area contributed by atoms with Gasteiger partial charge in [-0.1, -0.05) is 48.2 Å².